The highest BCUT2D eigenvalue weighted by Gasteiger charge is 2.00. The number of halogens is 2. The Morgan fingerprint density at radius 1 is 0.957 bits per heavy atom. The van der Waals surface area contributed by atoms with Crippen LogP contribution in [0, 0.1) is 0 Å². The largest absolute Gasteiger partial charge is 0.491 e. The van der Waals surface area contributed by atoms with Gasteiger partial charge in [-0.2, -0.15) is 0 Å². The fraction of sp³-hybridized carbons (Fsp3) is 0.333. The van der Waals surface area contributed by atoms with E-state index in [2.05, 4.69) is 22.8 Å². The van der Waals surface area contributed by atoms with Crippen molar-refractivity contribution >= 4 is 28.9 Å². The molecule has 2 aromatic carbocycles. The molecule has 0 aromatic heterocycles. The molecule has 0 aliphatic rings. The summed E-state index contributed by atoms with van der Waals surface area (Å²) in [7, 11) is 0. The van der Waals surface area contributed by atoms with Crippen LogP contribution in [0.2, 0.25) is 10.0 Å². The number of anilines is 1. The van der Waals surface area contributed by atoms with Crippen molar-refractivity contribution in [2.45, 2.75) is 26.5 Å². The number of benzene rings is 2. The fourth-order valence-electron chi connectivity index (χ4n) is 2.09. The van der Waals surface area contributed by atoms with E-state index >= 15 is 0 Å². The molecule has 0 saturated carbocycles. The molecule has 0 fully saturated rings. The van der Waals surface area contributed by atoms with E-state index in [0.717, 1.165) is 31.1 Å². The summed E-state index contributed by atoms with van der Waals surface area (Å²) in [6.45, 7) is 6.54. The van der Waals surface area contributed by atoms with Gasteiger partial charge in [-0.1, -0.05) is 35.3 Å². The molecule has 0 radical (unpaired) electrons. The minimum absolute atomic E-state index is 0.200. The lowest BCUT2D eigenvalue weighted by Crippen LogP contribution is -2.21. The van der Waals surface area contributed by atoms with Crippen LogP contribution in [0.4, 0.5) is 5.69 Å². The van der Waals surface area contributed by atoms with Gasteiger partial charge < -0.3 is 15.4 Å². The van der Waals surface area contributed by atoms with Crippen molar-refractivity contribution in [3.8, 4) is 5.75 Å². The summed E-state index contributed by atoms with van der Waals surface area (Å²) in [5.74, 6) is 0.907. The summed E-state index contributed by atoms with van der Waals surface area (Å²) >= 11 is 11.9. The molecule has 3 nitrogen and oxygen atoms in total. The first-order valence-electron chi connectivity index (χ1n) is 7.70. The monoisotopic (exact) mass is 352 g/mol. The van der Waals surface area contributed by atoms with Crippen LogP contribution in [0.25, 0.3) is 0 Å². The Hall–Kier alpha value is -1.42. The van der Waals surface area contributed by atoms with E-state index < -0.39 is 0 Å². The Morgan fingerprint density at radius 2 is 1.70 bits per heavy atom. The van der Waals surface area contributed by atoms with Crippen molar-refractivity contribution < 1.29 is 4.74 Å². The third-order valence-corrected chi connectivity index (χ3v) is 3.91. The normalized spacial score (nSPS) is 10.8. The van der Waals surface area contributed by atoms with Gasteiger partial charge in [0.15, 0.2) is 0 Å². The molecule has 0 atom stereocenters. The van der Waals surface area contributed by atoms with E-state index in [4.69, 9.17) is 27.9 Å². The molecule has 0 bridgehead atoms. The van der Waals surface area contributed by atoms with Crippen LogP contribution in [0.5, 0.6) is 5.75 Å². The lowest BCUT2D eigenvalue weighted by Gasteiger charge is -2.11. The molecule has 0 aliphatic heterocycles. The van der Waals surface area contributed by atoms with E-state index in [1.807, 2.05) is 38.1 Å². The first kappa shape index (κ1) is 17.9. The molecule has 0 amide bonds. The third kappa shape index (κ3) is 6.30. The summed E-state index contributed by atoms with van der Waals surface area (Å²) in [4.78, 5) is 0. The Morgan fingerprint density at radius 3 is 2.35 bits per heavy atom. The first-order valence-corrected chi connectivity index (χ1v) is 8.45. The van der Waals surface area contributed by atoms with Gasteiger partial charge in [0.05, 0.1) is 16.1 Å². The van der Waals surface area contributed by atoms with Gasteiger partial charge in [0.25, 0.3) is 0 Å². The molecule has 0 aliphatic carbocycles. The van der Waals surface area contributed by atoms with Gasteiger partial charge in [-0.3, -0.25) is 0 Å². The van der Waals surface area contributed by atoms with E-state index in [1.54, 1.807) is 6.07 Å². The van der Waals surface area contributed by atoms with Crippen LogP contribution in [0.3, 0.4) is 0 Å². The van der Waals surface area contributed by atoms with Crippen LogP contribution >= 0.6 is 23.2 Å². The average molecular weight is 353 g/mol. The number of ether oxygens (including phenoxy) is 1. The molecule has 124 valence electrons. The molecule has 0 heterocycles. The Balaban J connectivity index is 1.68. The maximum atomic E-state index is 5.98. The van der Waals surface area contributed by atoms with Gasteiger partial charge in [0.1, 0.15) is 5.75 Å². The Bertz CT molecular complexity index is 615. The van der Waals surface area contributed by atoms with Gasteiger partial charge in [0, 0.05) is 25.3 Å². The van der Waals surface area contributed by atoms with Crippen molar-refractivity contribution in [2.75, 3.05) is 18.4 Å². The summed E-state index contributed by atoms with van der Waals surface area (Å²) in [6, 6.07) is 13.7. The molecule has 5 heteroatoms. The summed E-state index contributed by atoms with van der Waals surface area (Å²) in [5, 5.41) is 7.83. The SMILES string of the molecule is CC(C)Oc1ccc(CNCCNc2ccc(Cl)c(Cl)c2)cc1. The molecule has 2 rings (SSSR count). The molecule has 0 unspecified atom stereocenters. The van der Waals surface area contributed by atoms with E-state index in [-0.39, 0.29) is 6.10 Å². The number of hydrogen-bond donors (Lipinski definition) is 2. The van der Waals surface area contributed by atoms with Gasteiger partial charge >= 0.3 is 0 Å². The maximum Gasteiger partial charge on any atom is 0.119 e. The van der Waals surface area contributed by atoms with Crippen molar-refractivity contribution in [1.29, 1.82) is 0 Å². The number of hydrogen-bond acceptors (Lipinski definition) is 3. The minimum atomic E-state index is 0.200. The predicted octanol–water partition coefficient (Wildman–Crippen LogP) is 4.98. The van der Waals surface area contributed by atoms with Gasteiger partial charge in [0.2, 0.25) is 0 Å². The number of rotatable bonds is 8. The zero-order valence-electron chi connectivity index (χ0n) is 13.4. The summed E-state index contributed by atoms with van der Waals surface area (Å²) in [6.07, 6.45) is 0.200. The van der Waals surface area contributed by atoms with Crippen molar-refractivity contribution in [2.24, 2.45) is 0 Å². The lowest BCUT2D eigenvalue weighted by atomic mass is 10.2. The maximum absolute atomic E-state index is 5.98. The minimum Gasteiger partial charge on any atom is -0.491 e. The molecule has 0 saturated heterocycles. The predicted molar refractivity (Wildman–Crippen MR) is 98.9 cm³/mol. The Labute approximate surface area is 147 Å². The molecular formula is C18H22Cl2N2O. The standard InChI is InChI=1S/C18H22Cl2N2O/c1-13(2)23-16-6-3-14(4-7-16)12-21-9-10-22-15-5-8-17(19)18(20)11-15/h3-8,11,13,21-22H,9-10,12H2,1-2H3. The molecule has 23 heavy (non-hydrogen) atoms. The highest BCUT2D eigenvalue weighted by Crippen LogP contribution is 2.24. The topological polar surface area (TPSA) is 33.3 Å². The zero-order valence-corrected chi connectivity index (χ0v) is 14.9. The quantitative estimate of drug-likeness (QED) is 0.657. The van der Waals surface area contributed by atoms with Crippen LogP contribution in [-0.2, 0) is 6.54 Å². The number of nitrogens with one attached hydrogen (secondary N) is 2. The van der Waals surface area contributed by atoms with Crippen LogP contribution in [-0.4, -0.2) is 19.2 Å². The summed E-state index contributed by atoms with van der Waals surface area (Å²) in [5.41, 5.74) is 2.20. The van der Waals surface area contributed by atoms with Crippen LogP contribution in [0.15, 0.2) is 42.5 Å². The van der Waals surface area contributed by atoms with Gasteiger partial charge in [-0.25, -0.2) is 0 Å². The average Bonchev–Trinajstić information content (AvgIpc) is 2.51. The molecule has 2 N–H and O–H groups in total. The van der Waals surface area contributed by atoms with Crippen LogP contribution in [0.1, 0.15) is 19.4 Å². The second kappa shape index (κ2) is 9.02. The van der Waals surface area contributed by atoms with Gasteiger partial charge in [-0.15, -0.1) is 0 Å². The van der Waals surface area contributed by atoms with E-state index in [9.17, 15) is 0 Å². The second-order valence-electron chi connectivity index (χ2n) is 5.54. The highest BCUT2D eigenvalue weighted by molar-refractivity contribution is 6.42. The van der Waals surface area contributed by atoms with E-state index in [1.165, 1.54) is 5.56 Å². The Kier molecular flexibility index (Phi) is 7.03. The zero-order chi connectivity index (χ0) is 16.7. The highest BCUT2D eigenvalue weighted by atomic mass is 35.5. The third-order valence-electron chi connectivity index (χ3n) is 3.17. The molecule has 2 aromatic rings. The summed E-state index contributed by atoms with van der Waals surface area (Å²) < 4.78 is 5.63. The molecule has 0 spiro atoms. The van der Waals surface area contributed by atoms with E-state index in [0.29, 0.717) is 10.0 Å². The lowest BCUT2D eigenvalue weighted by molar-refractivity contribution is 0.242. The second-order valence-corrected chi connectivity index (χ2v) is 6.36. The van der Waals surface area contributed by atoms with Crippen LogP contribution < -0.4 is 15.4 Å². The van der Waals surface area contributed by atoms with Crippen molar-refractivity contribution in [1.82, 2.24) is 5.32 Å². The first-order chi connectivity index (χ1) is 11.0. The van der Waals surface area contributed by atoms with Crippen molar-refractivity contribution in [3.63, 3.8) is 0 Å². The van der Waals surface area contributed by atoms with Gasteiger partial charge in [-0.05, 0) is 49.7 Å². The van der Waals surface area contributed by atoms with Crippen molar-refractivity contribution in [3.05, 3.63) is 58.1 Å². The fourth-order valence-corrected chi connectivity index (χ4v) is 2.39. The smallest absolute Gasteiger partial charge is 0.119 e. The molecular weight excluding hydrogens is 331 g/mol.